The van der Waals surface area contributed by atoms with Gasteiger partial charge < -0.3 is 20.1 Å². The van der Waals surface area contributed by atoms with Crippen molar-refractivity contribution < 1.29 is 23.9 Å². The van der Waals surface area contributed by atoms with E-state index in [-0.39, 0.29) is 5.91 Å². The Balaban J connectivity index is 2.38. The van der Waals surface area contributed by atoms with Crippen molar-refractivity contribution in [1.29, 1.82) is 5.26 Å². The van der Waals surface area contributed by atoms with Crippen molar-refractivity contribution in [3.05, 3.63) is 29.8 Å². The van der Waals surface area contributed by atoms with Crippen LogP contribution in [0.15, 0.2) is 24.3 Å². The molecule has 0 bridgehead atoms. The van der Waals surface area contributed by atoms with Crippen LogP contribution in [0.4, 0.5) is 0 Å². The molecule has 1 rings (SSSR count). The lowest BCUT2D eigenvalue weighted by molar-refractivity contribution is -0.155. The lowest BCUT2D eigenvalue weighted by atomic mass is 10.2. The van der Waals surface area contributed by atoms with Crippen LogP contribution in [-0.4, -0.2) is 43.1 Å². The molecule has 0 aliphatic rings. The molecule has 2 amide bonds. The Labute approximate surface area is 152 Å². The summed E-state index contributed by atoms with van der Waals surface area (Å²) in [5.74, 6) is -1.20. The number of nitriles is 1. The summed E-state index contributed by atoms with van der Waals surface area (Å²) in [5.41, 5.74) is 0.473. The highest BCUT2D eigenvalue weighted by Gasteiger charge is 2.20. The Morgan fingerprint density at radius 1 is 1.19 bits per heavy atom. The molecule has 0 aliphatic carbocycles. The Morgan fingerprint density at radius 2 is 1.85 bits per heavy atom. The SMILES string of the molecule is CCCNC(=O)[C@H](C)NC(=O)COC(=O)[C@H](C)Oc1ccc(C#N)cc1. The van der Waals surface area contributed by atoms with E-state index in [1.807, 2.05) is 13.0 Å². The molecule has 0 heterocycles. The van der Waals surface area contributed by atoms with Gasteiger partial charge >= 0.3 is 5.97 Å². The van der Waals surface area contributed by atoms with Gasteiger partial charge in [-0.2, -0.15) is 5.26 Å². The van der Waals surface area contributed by atoms with Gasteiger partial charge in [-0.05, 0) is 44.5 Å². The summed E-state index contributed by atoms with van der Waals surface area (Å²) >= 11 is 0. The van der Waals surface area contributed by atoms with Crippen molar-refractivity contribution in [1.82, 2.24) is 10.6 Å². The van der Waals surface area contributed by atoms with E-state index in [1.165, 1.54) is 6.92 Å². The molecule has 0 saturated heterocycles. The second-order valence-corrected chi connectivity index (χ2v) is 5.58. The maximum atomic E-state index is 11.9. The number of carbonyl (C=O) groups is 3. The van der Waals surface area contributed by atoms with Crippen LogP contribution < -0.4 is 15.4 Å². The molecule has 0 aromatic heterocycles. The van der Waals surface area contributed by atoms with Gasteiger partial charge in [0.2, 0.25) is 5.91 Å². The molecule has 2 atom stereocenters. The Kier molecular flexibility index (Phi) is 8.64. The molecule has 140 valence electrons. The highest BCUT2D eigenvalue weighted by atomic mass is 16.6. The number of nitrogens with zero attached hydrogens (tertiary/aromatic N) is 1. The van der Waals surface area contributed by atoms with Crippen LogP contribution in [0.2, 0.25) is 0 Å². The van der Waals surface area contributed by atoms with Gasteiger partial charge in [0.25, 0.3) is 5.91 Å². The average molecular weight is 361 g/mol. The van der Waals surface area contributed by atoms with Gasteiger partial charge in [-0.25, -0.2) is 4.79 Å². The predicted octanol–water partition coefficient (Wildman–Crippen LogP) is 0.900. The Hall–Kier alpha value is -3.08. The highest BCUT2D eigenvalue weighted by molar-refractivity contribution is 5.88. The summed E-state index contributed by atoms with van der Waals surface area (Å²) in [6.07, 6.45) is -0.137. The molecule has 8 nitrogen and oxygen atoms in total. The Bertz CT molecular complexity index is 666. The third-order valence-corrected chi connectivity index (χ3v) is 3.29. The number of amides is 2. The largest absolute Gasteiger partial charge is 0.479 e. The minimum atomic E-state index is -0.930. The van der Waals surface area contributed by atoms with E-state index >= 15 is 0 Å². The van der Waals surface area contributed by atoms with Gasteiger partial charge in [0.15, 0.2) is 12.7 Å². The zero-order valence-corrected chi connectivity index (χ0v) is 15.1. The summed E-state index contributed by atoms with van der Waals surface area (Å²) in [6, 6.07) is 7.50. The van der Waals surface area contributed by atoms with Crippen LogP contribution in [0.5, 0.6) is 5.75 Å². The van der Waals surface area contributed by atoms with Crippen LogP contribution in [0, 0.1) is 11.3 Å². The lowest BCUT2D eigenvalue weighted by Gasteiger charge is -2.16. The van der Waals surface area contributed by atoms with E-state index < -0.39 is 30.6 Å². The van der Waals surface area contributed by atoms with Gasteiger partial charge in [0, 0.05) is 6.54 Å². The summed E-state index contributed by atoms with van der Waals surface area (Å²) < 4.78 is 10.3. The summed E-state index contributed by atoms with van der Waals surface area (Å²) in [6.45, 7) is 4.97. The number of carbonyl (C=O) groups excluding carboxylic acids is 3. The second kappa shape index (κ2) is 10.7. The third-order valence-electron chi connectivity index (χ3n) is 3.29. The molecule has 0 unspecified atom stereocenters. The minimum absolute atomic E-state index is 0.302. The van der Waals surface area contributed by atoms with Crippen LogP contribution in [0.25, 0.3) is 0 Å². The zero-order valence-electron chi connectivity index (χ0n) is 15.1. The van der Waals surface area contributed by atoms with Gasteiger partial charge in [-0.3, -0.25) is 9.59 Å². The molecule has 0 aliphatic heterocycles. The van der Waals surface area contributed by atoms with E-state index in [9.17, 15) is 14.4 Å². The van der Waals surface area contributed by atoms with Crippen molar-refractivity contribution in [2.45, 2.75) is 39.3 Å². The minimum Gasteiger partial charge on any atom is -0.479 e. The van der Waals surface area contributed by atoms with E-state index in [4.69, 9.17) is 14.7 Å². The first-order valence-electron chi connectivity index (χ1n) is 8.27. The quantitative estimate of drug-likeness (QED) is 0.631. The normalized spacial score (nSPS) is 12.2. The van der Waals surface area contributed by atoms with Crippen molar-refractivity contribution >= 4 is 17.8 Å². The molecular formula is C18H23N3O5. The van der Waals surface area contributed by atoms with Gasteiger partial charge in [0.05, 0.1) is 11.6 Å². The fourth-order valence-corrected chi connectivity index (χ4v) is 1.86. The van der Waals surface area contributed by atoms with E-state index in [0.717, 1.165) is 6.42 Å². The standard InChI is InChI=1S/C18H23N3O5/c1-4-9-20-17(23)12(2)21-16(22)11-25-18(24)13(3)26-15-7-5-14(10-19)6-8-15/h5-8,12-13H,4,9,11H2,1-3H3,(H,20,23)(H,21,22)/t12-,13-/m0/s1. The molecule has 0 spiro atoms. The van der Waals surface area contributed by atoms with Crippen molar-refractivity contribution in [3.63, 3.8) is 0 Å². The first kappa shape index (κ1) is 21.0. The number of ether oxygens (including phenoxy) is 2. The predicted molar refractivity (Wildman–Crippen MR) is 93.1 cm³/mol. The first-order chi connectivity index (χ1) is 12.4. The topological polar surface area (TPSA) is 118 Å². The zero-order chi connectivity index (χ0) is 19.5. The number of hydrogen-bond acceptors (Lipinski definition) is 6. The van der Waals surface area contributed by atoms with Gasteiger partial charge in [-0.15, -0.1) is 0 Å². The number of nitrogens with one attached hydrogen (secondary N) is 2. The lowest BCUT2D eigenvalue weighted by Crippen LogP contribution is -2.46. The van der Waals surface area contributed by atoms with Crippen LogP contribution in [0.1, 0.15) is 32.8 Å². The van der Waals surface area contributed by atoms with E-state index in [0.29, 0.717) is 17.9 Å². The molecule has 2 N–H and O–H groups in total. The number of rotatable bonds is 9. The Morgan fingerprint density at radius 3 is 2.42 bits per heavy atom. The maximum Gasteiger partial charge on any atom is 0.347 e. The average Bonchev–Trinajstić information content (AvgIpc) is 2.64. The fourth-order valence-electron chi connectivity index (χ4n) is 1.86. The molecule has 0 saturated carbocycles. The first-order valence-corrected chi connectivity index (χ1v) is 8.27. The van der Waals surface area contributed by atoms with Crippen LogP contribution in [-0.2, 0) is 19.1 Å². The second-order valence-electron chi connectivity index (χ2n) is 5.58. The third kappa shape index (κ3) is 7.21. The molecule has 0 fully saturated rings. The molecular weight excluding hydrogens is 338 g/mol. The highest BCUT2D eigenvalue weighted by Crippen LogP contribution is 2.13. The fraction of sp³-hybridized carbons (Fsp3) is 0.444. The maximum absolute atomic E-state index is 11.9. The summed E-state index contributed by atoms with van der Waals surface area (Å²) in [4.78, 5) is 35.3. The molecule has 1 aromatic carbocycles. The van der Waals surface area contributed by atoms with Crippen molar-refractivity contribution in [2.24, 2.45) is 0 Å². The van der Waals surface area contributed by atoms with E-state index in [1.54, 1.807) is 31.2 Å². The van der Waals surface area contributed by atoms with Crippen molar-refractivity contribution in [3.8, 4) is 11.8 Å². The molecule has 8 heteroatoms. The van der Waals surface area contributed by atoms with Gasteiger partial charge in [-0.1, -0.05) is 6.92 Å². The number of benzene rings is 1. The monoisotopic (exact) mass is 361 g/mol. The summed E-state index contributed by atoms with van der Waals surface area (Å²) in [7, 11) is 0. The van der Waals surface area contributed by atoms with Crippen LogP contribution >= 0.6 is 0 Å². The summed E-state index contributed by atoms with van der Waals surface area (Å²) in [5, 5.41) is 13.8. The molecule has 1 aromatic rings. The van der Waals surface area contributed by atoms with Gasteiger partial charge in [0.1, 0.15) is 11.8 Å². The smallest absolute Gasteiger partial charge is 0.347 e. The number of esters is 1. The van der Waals surface area contributed by atoms with Crippen LogP contribution in [0.3, 0.4) is 0 Å². The van der Waals surface area contributed by atoms with Crippen molar-refractivity contribution in [2.75, 3.05) is 13.2 Å². The molecule has 0 radical (unpaired) electrons. The molecule has 26 heavy (non-hydrogen) atoms. The van der Waals surface area contributed by atoms with E-state index in [2.05, 4.69) is 10.6 Å². The number of hydrogen-bond donors (Lipinski definition) is 2.